The van der Waals surface area contributed by atoms with Gasteiger partial charge in [-0.3, -0.25) is 13.9 Å². The van der Waals surface area contributed by atoms with Gasteiger partial charge in [-0.05, 0) is 81.0 Å². The van der Waals surface area contributed by atoms with Crippen molar-refractivity contribution in [2.75, 3.05) is 17.1 Å². The molecule has 7 nitrogen and oxygen atoms in total. The van der Waals surface area contributed by atoms with Gasteiger partial charge in [-0.2, -0.15) is 0 Å². The highest BCUT2D eigenvalue weighted by Gasteiger charge is 2.33. The van der Waals surface area contributed by atoms with E-state index in [1.807, 2.05) is 19.2 Å². The van der Waals surface area contributed by atoms with Crippen LogP contribution < -0.4 is 9.62 Å². The molecule has 1 saturated carbocycles. The van der Waals surface area contributed by atoms with Gasteiger partial charge < -0.3 is 10.2 Å². The fraction of sp³-hybridized carbons (Fsp3) is 0.355. The Bertz CT molecular complexity index is 1460. The number of carbonyl (C=O) groups excluding carboxylic acids is 2. The molecule has 0 bridgehead atoms. The third-order valence-corrected chi connectivity index (χ3v) is 10.3. The molecular weight excluding hydrogens is 578 g/mol. The average Bonchev–Trinajstić information content (AvgIpc) is 3.48. The summed E-state index contributed by atoms with van der Waals surface area (Å²) in [5.74, 6) is -0.779. The van der Waals surface area contributed by atoms with Crippen molar-refractivity contribution in [2.24, 2.45) is 0 Å². The molecule has 1 atom stereocenters. The number of halogens is 1. The number of nitrogens with zero attached hydrogens (tertiary/aromatic N) is 2. The van der Waals surface area contributed by atoms with Gasteiger partial charge in [0.05, 0.1) is 10.6 Å². The van der Waals surface area contributed by atoms with E-state index < -0.39 is 28.5 Å². The van der Waals surface area contributed by atoms with E-state index in [2.05, 4.69) is 5.32 Å². The monoisotopic (exact) mass is 613 g/mol. The van der Waals surface area contributed by atoms with E-state index in [1.54, 1.807) is 73.7 Å². The van der Waals surface area contributed by atoms with E-state index in [0.29, 0.717) is 16.3 Å². The van der Waals surface area contributed by atoms with Crippen molar-refractivity contribution in [1.82, 2.24) is 10.2 Å². The van der Waals surface area contributed by atoms with Crippen LogP contribution in [-0.2, 0) is 26.2 Å². The van der Waals surface area contributed by atoms with Gasteiger partial charge >= 0.3 is 0 Å². The standard InChI is InChI=1S/C31H36ClN3O4S2/c1-22-12-14-26(15-13-22)35(41(38,39)28-18-16-27(40-3)17-19-28)21-30(36)34(20-24-8-4-7-11-29(24)32)23(2)31(37)33-25-9-5-6-10-25/h4,7-8,11-19,23,25H,5-6,9-10,20-21H2,1-3H3,(H,33,37)/t23-/m0/s1. The Hall–Kier alpha value is -3.01. The van der Waals surface area contributed by atoms with E-state index in [0.717, 1.165) is 40.4 Å². The third kappa shape index (κ3) is 7.64. The minimum absolute atomic E-state index is 0.0575. The van der Waals surface area contributed by atoms with Crippen LogP contribution in [0, 0.1) is 6.92 Å². The summed E-state index contributed by atoms with van der Waals surface area (Å²) < 4.78 is 29.1. The van der Waals surface area contributed by atoms with Gasteiger partial charge in [0, 0.05) is 22.5 Å². The van der Waals surface area contributed by atoms with E-state index in [4.69, 9.17) is 11.6 Å². The number of hydrogen-bond donors (Lipinski definition) is 1. The zero-order valence-electron chi connectivity index (χ0n) is 23.5. The van der Waals surface area contributed by atoms with Crippen LogP contribution in [0.15, 0.2) is 82.6 Å². The Balaban J connectivity index is 1.69. The molecule has 2 amide bonds. The Morgan fingerprint density at radius 1 is 1.00 bits per heavy atom. The Morgan fingerprint density at radius 2 is 1.63 bits per heavy atom. The molecule has 10 heteroatoms. The SMILES string of the molecule is CSc1ccc(S(=O)(=O)N(CC(=O)N(Cc2ccccc2Cl)[C@@H](C)C(=O)NC2CCCC2)c2ccc(C)cc2)cc1. The molecule has 41 heavy (non-hydrogen) atoms. The van der Waals surface area contributed by atoms with Gasteiger partial charge in [0.15, 0.2) is 0 Å². The summed E-state index contributed by atoms with van der Waals surface area (Å²) in [5.41, 5.74) is 1.98. The lowest BCUT2D eigenvalue weighted by Gasteiger charge is -2.32. The van der Waals surface area contributed by atoms with E-state index in [1.165, 1.54) is 16.7 Å². The number of benzene rings is 3. The van der Waals surface area contributed by atoms with Crippen molar-refractivity contribution in [3.63, 3.8) is 0 Å². The Kier molecular flexibility index (Phi) is 10.4. The predicted molar refractivity (Wildman–Crippen MR) is 166 cm³/mol. The van der Waals surface area contributed by atoms with Crippen molar-refractivity contribution >= 4 is 50.9 Å². The van der Waals surface area contributed by atoms with E-state index in [9.17, 15) is 18.0 Å². The second-order valence-electron chi connectivity index (χ2n) is 10.3. The summed E-state index contributed by atoms with van der Waals surface area (Å²) in [6.45, 7) is 3.15. The molecule has 1 aliphatic rings. The molecule has 0 aromatic heterocycles. The Labute approximate surface area is 252 Å². The van der Waals surface area contributed by atoms with Crippen molar-refractivity contribution in [1.29, 1.82) is 0 Å². The molecular formula is C31H36ClN3O4S2. The zero-order chi connectivity index (χ0) is 29.6. The summed E-state index contributed by atoms with van der Waals surface area (Å²) >= 11 is 7.95. The zero-order valence-corrected chi connectivity index (χ0v) is 25.9. The fourth-order valence-electron chi connectivity index (χ4n) is 4.90. The average molecular weight is 614 g/mol. The number of hydrogen-bond acceptors (Lipinski definition) is 5. The third-order valence-electron chi connectivity index (χ3n) is 7.42. The molecule has 0 heterocycles. The summed E-state index contributed by atoms with van der Waals surface area (Å²) in [5, 5.41) is 3.54. The predicted octanol–water partition coefficient (Wildman–Crippen LogP) is 6.04. The lowest BCUT2D eigenvalue weighted by Crippen LogP contribution is -2.52. The highest BCUT2D eigenvalue weighted by molar-refractivity contribution is 7.98. The normalized spacial score (nSPS) is 14.4. The van der Waals surface area contributed by atoms with Gasteiger partial charge in [0.2, 0.25) is 11.8 Å². The number of nitrogens with one attached hydrogen (secondary N) is 1. The van der Waals surface area contributed by atoms with Gasteiger partial charge in [-0.1, -0.05) is 60.3 Å². The van der Waals surface area contributed by atoms with Crippen LogP contribution in [0.1, 0.15) is 43.7 Å². The van der Waals surface area contributed by atoms with E-state index in [-0.39, 0.29) is 23.4 Å². The molecule has 0 radical (unpaired) electrons. The molecule has 3 aromatic carbocycles. The van der Waals surface area contributed by atoms with Crippen LogP contribution in [0.4, 0.5) is 5.69 Å². The lowest BCUT2D eigenvalue weighted by molar-refractivity contribution is -0.139. The molecule has 0 aliphatic heterocycles. The lowest BCUT2D eigenvalue weighted by atomic mass is 10.1. The van der Waals surface area contributed by atoms with E-state index >= 15 is 0 Å². The molecule has 218 valence electrons. The number of sulfonamides is 1. The minimum Gasteiger partial charge on any atom is -0.352 e. The molecule has 1 fully saturated rings. The van der Waals surface area contributed by atoms with Crippen LogP contribution >= 0.6 is 23.4 Å². The molecule has 3 aromatic rings. The Morgan fingerprint density at radius 3 is 2.24 bits per heavy atom. The second-order valence-corrected chi connectivity index (χ2v) is 13.5. The van der Waals surface area contributed by atoms with Crippen molar-refractivity contribution in [3.05, 3.63) is 88.9 Å². The molecule has 0 spiro atoms. The van der Waals surface area contributed by atoms with Gasteiger partial charge in [-0.25, -0.2) is 8.42 Å². The molecule has 0 saturated heterocycles. The van der Waals surface area contributed by atoms with Crippen LogP contribution in [0.5, 0.6) is 0 Å². The number of carbonyl (C=O) groups is 2. The first-order valence-electron chi connectivity index (χ1n) is 13.7. The van der Waals surface area contributed by atoms with Crippen LogP contribution in [0.2, 0.25) is 5.02 Å². The quantitative estimate of drug-likeness (QED) is 0.266. The minimum atomic E-state index is -4.12. The maximum absolute atomic E-state index is 14.1. The maximum atomic E-state index is 14.1. The molecule has 1 aliphatic carbocycles. The smallest absolute Gasteiger partial charge is 0.264 e. The first-order chi connectivity index (χ1) is 19.6. The number of anilines is 1. The van der Waals surface area contributed by atoms with Crippen molar-refractivity contribution in [3.8, 4) is 0 Å². The van der Waals surface area contributed by atoms with Crippen LogP contribution in [0.25, 0.3) is 0 Å². The summed E-state index contributed by atoms with van der Waals surface area (Å²) in [4.78, 5) is 29.8. The summed E-state index contributed by atoms with van der Waals surface area (Å²) in [6.07, 6.45) is 5.85. The van der Waals surface area contributed by atoms with Crippen LogP contribution in [-0.4, -0.2) is 50.0 Å². The largest absolute Gasteiger partial charge is 0.352 e. The number of rotatable bonds is 11. The molecule has 0 unspecified atom stereocenters. The van der Waals surface area contributed by atoms with Crippen molar-refractivity contribution < 1.29 is 18.0 Å². The van der Waals surface area contributed by atoms with Crippen molar-refractivity contribution in [2.45, 2.75) is 68.0 Å². The highest BCUT2D eigenvalue weighted by Crippen LogP contribution is 2.27. The number of thioether (sulfide) groups is 1. The molecule has 1 N–H and O–H groups in total. The first kappa shape index (κ1) is 30.9. The van der Waals surface area contributed by atoms with Gasteiger partial charge in [0.1, 0.15) is 12.6 Å². The topological polar surface area (TPSA) is 86.8 Å². The second kappa shape index (κ2) is 13.8. The summed E-state index contributed by atoms with van der Waals surface area (Å²) in [6, 6.07) is 19.9. The summed E-state index contributed by atoms with van der Waals surface area (Å²) in [7, 11) is -4.12. The van der Waals surface area contributed by atoms with Gasteiger partial charge in [0.25, 0.3) is 10.0 Å². The van der Waals surface area contributed by atoms with Gasteiger partial charge in [-0.15, -0.1) is 11.8 Å². The molecule has 4 rings (SSSR count). The van der Waals surface area contributed by atoms with Crippen LogP contribution in [0.3, 0.4) is 0 Å². The number of aryl methyl sites for hydroxylation is 1. The highest BCUT2D eigenvalue weighted by atomic mass is 35.5. The first-order valence-corrected chi connectivity index (χ1v) is 16.7. The maximum Gasteiger partial charge on any atom is 0.264 e. The number of amides is 2. The fourth-order valence-corrected chi connectivity index (χ4v) is 6.92.